The minimum atomic E-state index is 0.661. The number of nitrogens with zero attached hydrogens (tertiary/aromatic N) is 1. The van der Waals surface area contributed by atoms with Crippen LogP contribution in [0.15, 0.2) is 40.9 Å². The number of halogens is 1. The fourth-order valence-electron chi connectivity index (χ4n) is 1.56. The average molecular weight is 236 g/mol. The fraction of sp³-hybridized carbons (Fsp3) is 0.308. The van der Waals surface area contributed by atoms with E-state index in [9.17, 15) is 0 Å². The zero-order valence-electron chi connectivity index (χ0n) is 9.03. The van der Waals surface area contributed by atoms with E-state index in [0.717, 1.165) is 30.9 Å². The Morgan fingerprint density at radius 1 is 1.19 bits per heavy atom. The maximum Gasteiger partial charge on any atom is 0.198 e. The van der Waals surface area contributed by atoms with E-state index >= 15 is 0 Å². The van der Waals surface area contributed by atoms with E-state index in [4.69, 9.17) is 16.0 Å². The van der Waals surface area contributed by atoms with Gasteiger partial charge in [0.15, 0.2) is 5.89 Å². The highest BCUT2D eigenvalue weighted by molar-refractivity contribution is 6.17. The summed E-state index contributed by atoms with van der Waals surface area (Å²) in [7, 11) is 0. The van der Waals surface area contributed by atoms with E-state index in [0.29, 0.717) is 5.88 Å². The molecule has 0 bridgehead atoms. The van der Waals surface area contributed by atoms with E-state index in [2.05, 4.69) is 17.1 Å². The Bertz CT molecular complexity index is 425. The molecule has 0 fully saturated rings. The molecule has 1 aromatic heterocycles. The van der Waals surface area contributed by atoms with Crippen LogP contribution in [0.25, 0.3) is 0 Å². The molecule has 2 rings (SSSR count). The predicted molar refractivity (Wildman–Crippen MR) is 64.8 cm³/mol. The Morgan fingerprint density at radius 3 is 2.75 bits per heavy atom. The molecule has 1 heterocycles. The van der Waals surface area contributed by atoms with Gasteiger partial charge >= 0.3 is 0 Å². The van der Waals surface area contributed by atoms with Gasteiger partial charge in [-0.3, -0.25) is 0 Å². The van der Waals surface area contributed by atoms with Gasteiger partial charge in [-0.15, -0.1) is 11.6 Å². The smallest absolute Gasteiger partial charge is 0.198 e. The topological polar surface area (TPSA) is 26.0 Å². The van der Waals surface area contributed by atoms with Gasteiger partial charge in [-0.2, -0.15) is 0 Å². The van der Waals surface area contributed by atoms with Crippen LogP contribution >= 0.6 is 11.6 Å². The molecule has 16 heavy (non-hydrogen) atoms. The molecule has 2 nitrogen and oxygen atoms in total. The van der Waals surface area contributed by atoms with Gasteiger partial charge in [-0.1, -0.05) is 30.3 Å². The number of alkyl halides is 1. The van der Waals surface area contributed by atoms with Crippen LogP contribution in [0.4, 0.5) is 0 Å². The van der Waals surface area contributed by atoms with Crippen molar-refractivity contribution in [2.45, 2.75) is 19.3 Å². The summed E-state index contributed by atoms with van der Waals surface area (Å²) in [6, 6.07) is 10.2. The molecular formula is C13H14ClNO. The third-order valence-corrected chi connectivity index (χ3v) is 2.62. The van der Waals surface area contributed by atoms with Crippen molar-refractivity contribution in [3.8, 4) is 0 Å². The van der Waals surface area contributed by atoms with E-state index in [-0.39, 0.29) is 0 Å². The number of oxazole rings is 1. The van der Waals surface area contributed by atoms with Gasteiger partial charge in [0.25, 0.3) is 0 Å². The van der Waals surface area contributed by atoms with Crippen LogP contribution in [0, 0.1) is 0 Å². The Morgan fingerprint density at radius 2 is 2.00 bits per heavy atom. The van der Waals surface area contributed by atoms with Crippen LogP contribution in [0.5, 0.6) is 0 Å². The van der Waals surface area contributed by atoms with E-state index in [1.165, 1.54) is 5.56 Å². The summed E-state index contributed by atoms with van der Waals surface area (Å²) in [5.74, 6) is 2.36. The standard InChI is InChI=1S/C13H14ClNO/c14-8-4-7-12-10-15-13(16-12)9-11-5-2-1-3-6-11/h1-3,5-6,10H,4,7-9H2. The highest BCUT2D eigenvalue weighted by atomic mass is 35.5. The molecule has 1 aromatic carbocycles. The SMILES string of the molecule is ClCCCc1cnc(Cc2ccccc2)o1. The fourth-order valence-corrected chi connectivity index (χ4v) is 1.69. The Labute approximate surface area is 100 Å². The maximum absolute atomic E-state index is 5.63. The molecule has 0 unspecified atom stereocenters. The summed E-state index contributed by atoms with van der Waals surface area (Å²) in [6.45, 7) is 0. The molecule has 0 aliphatic heterocycles. The molecule has 0 radical (unpaired) electrons. The molecular weight excluding hydrogens is 222 g/mol. The van der Waals surface area contributed by atoms with Crippen molar-refractivity contribution in [3.63, 3.8) is 0 Å². The normalized spacial score (nSPS) is 10.6. The third kappa shape index (κ3) is 3.11. The monoisotopic (exact) mass is 235 g/mol. The number of hydrogen-bond acceptors (Lipinski definition) is 2. The highest BCUT2D eigenvalue weighted by Gasteiger charge is 2.04. The van der Waals surface area contributed by atoms with E-state index in [1.807, 2.05) is 18.2 Å². The first-order valence-corrected chi connectivity index (χ1v) is 5.95. The molecule has 0 aliphatic rings. The molecule has 0 N–H and O–H groups in total. The molecule has 3 heteroatoms. The maximum atomic E-state index is 5.63. The molecule has 0 spiro atoms. The summed E-state index contributed by atoms with van der Waals surface area (Å²) in [4.78, 5) is 4.25. The van der Waals surface area contributed by atoms with Crippen LogP contribution in [-0.4, -0.2) is 10.9 Å². The van der Waals surface area contributed by atoms with Crippen LogP contribution in [0.2, 0.25) is 0 Å². The molecule has 2 aromatic rings. The minimum absolute atomic E-state index is 0.661. The van der Waals surface area contributed by atoms with Crippen molar-refractivity contribution in [2.75, 3.05) is 5.88 Å². The van der Waals surface area contributed by atoms with Gasteiger partial charge in [0.05, 0.1) is 6.20 Å². The molecule has 0 saturated heterocycles. The highest BCUT2D eigenvalue weighted by Crippen LogP contribution is 2.11. The van der Waals surface area contributed by atoms with Gasteiger partial charge in [-0.25, -0.2) is 4.98 Å². The zero-order valence-corrected chi connectivity index (χ0v) is 9.78. The lowest BCUT2D eigenvalue weighted by atomic mass is 10.2. The van der Waals surface area contributed by atoms with Crippen LogP contribution in [-0.2, 0) is 12.8 Å². The second-order valence-electron chi connectivity index (χ2n) is 3.68. The quantitative estimate of drug-likeness (QED) is 0.742. The van der Waals surface area contributed by atoms with Crippen LogP contribution in [0.3, 0.4) is 0 Å². The first kappa shape index (κ1) is 11.2. The summed E-state index contributed by atoms with van der Waals surface area (Å²) >= 11 is 5.63. The van der Waals surface area contributed by atoms with Gasteiger partial charge in [0.2, 0.25) is 0 Å². The van der Waals surface area contributed by atoms with Crippen molar-refractivity contribution in [2.24, 2.45) is 0 Å². The van der Waals surface area contributed by atoms with Crippen molar-refractivity contribution in [3.05, 3.63) is 53.7 Å². The third-order valence-electron chi connectivity index (χ3n) is 2.36. The first-order chi connectivity index (χ1) is 7.88. The number of aromatic nitrogens is 1. The second kappa shape index (κ2) is 5.71. The lowest BCUT2D eigenvalue weighted by Gasteiger charge is -1.96. The number of hydrogen-bond donors (Lipinski definition) is 0. The number of benzene rings is 1. The summed E-state index contributed by atoms with van der Waals surface area (Å²) in [5, 5.41) is 0. The second-order valence-corrected chi connectivity index (χ2v) is 4.05. The lowest BCUT2D eigenvalue weighted by molar-refractivity contribution is 0.462. The molecule has 84 valence electrons. The lowest BCUT2D eigenvalue weighted by Crippen LogP contribution is -1.86. The van der Waals surface area contributed by atoms with Crippen molar-refractivity contribution < 1.29 is 4.42 Å². The van der Waals surface area contributed by atoms with Crippen LogP contribution in [0.1, 0.15) is 23.6 Å². The Balaban J connectivity index is 1.97. The number of aryl methyl sites for hydroxylation is 1. The zero-order chi connectivity index (χ0) is 11.2. The van der Waals surface area contributed by atoms with E-state index in [1.54, 1.807) is 6.20 Å². The summed E-state index contributed by atoms with van der Waals surface area (Å²) < 4.78 is 5.62. The van der Waals surface area contributed by atoms with Gasteiger partial charge < -0.3 is 4.42 Å². The van der Waals surface area contributed by atoms with Crippen molar-refractivity contribution >= 4 is 11.6 Å². The van der Waals surface area contributed by atoms with Gasteiger partial charge in [-0.05, 0) is 12.0 Å². The average Bonchev–Trinajstić information content (AvgIpc) is 2.75. The van der Waals surface area contributed by atoms with Crippen LogP contribution < -0.4 is 0 Å². The number of rotatable bonds is 5. The van der Waals surface area contributed by atoms with Gasteiger partial charge in [0, 0.05) is 18.7 Å². The predicted octanol–water partition coefficient (Wildman–Crippen LogP) is 3.44. The Kier molecular flexibility index (Phi) is 4.00. The Hall–Kier alpha value is -1.28. The largest absolute Gasteiger partial charge is 0.445 e. The van der Waals surface area contributed by atoms with Crippen molar-refractivity contribution in [1.29, 1.82) is 0 Å². The minimum Gasteiger partial charge on any atom is -0.445 e. The molecule has 0 saturated carbocycles. The first-order valence-electron chi connectivity index (χ1n) is 5.42. The summed E-state index contributed by atoms with van der Waals surface area (Å²) in [6.07, 6.45) is 4.35. The molecule has 0 atom stereocenters. The molecule has 0 amide bonds. The molecule has 0 aliphatic carbocycles. The summed E-state index contributed by atoms with van der Waals surface area (Å²) in [5.41, 5.74) is 1.22. The van der Waals surface area contributed by atoms with E-state index < -0.39 is 0 Å². The van der Waals surface area contributed by atoms with Crippen molar-refractivity contribution in [1.82, 2.24) is 4.98 Å². The van der Waals surface area contributed by atoms with Gasteiger partial charge in [0.1, 0.15) is 5.76 Å².